The molecule has 0 heterocycles. The Hall–Kier alpha value is -2.63. The van der Waals surface area contributed by atoms with Crippen molar-refractivity contribution >= 4 is 60.5 Å². The lowest BCUT2D eigenvalue weighted by molar-refractivity contribution is 0.102. The van der Waals surface area contributed by atoms with E-state index in [1.165, 1.54) is 71.0 Å². The van der Waals surface area contributed by atoms with Crippen LogP contribution in [0, 0.1) is 0 Å². The van der Waals surface area contributed by atoms with Gasteiger partial charge >= 0.3 is 0 Å². The number of benzene rings is 3. The smallest absolute Gasteiger partial charge is 0.261 e. The molecule has 186 valence electrons. The van der Waals surface area contributed by atoms with E-state index in [1.807, 2.05) is 0 Å². The number of halogens is 2. The zero-order chi connectivity index (χ0) is 25.8. The molecule has 0 aliphatic heterocycles. The third-order valence-electron chi connectivity index (χ3n) is 5.05. The van der Waals surface area contributed by atoms with Gasteiger partial charge in [0.25, 0.3) is 15.9 Å². The van der Waals surface area contributed by atoms with Gasteiger partial charge in [-0.1, -0.05) is 37.0 Å². The first-order chi connectivity index (χ1) is 16.5. The maximum absolute atomic E-state index is 12.6. The average Bonchev–Trinajstić information content (AvgIpc) is 2.82. The summed E-state index contributed by atoms with van der Waals surface area (Å²) >= 11 is 11.8. The Kier molecular flexibility index (Phi) is 8.45. The second-order valence-corrected chi connectivity index (χ2v) is 11.8. The van der Waals surface area contributed by atoms with E-state index in [-0.39, 0.29) is 26.1 Å². The first-order valence-electron chi connectivity index (χ1n) is 10.5. The van der Waals surface area contributed by atoms with Crippen LogP contribution in [0.1, 0.15) is 24.2 Å². The number of amides is 1. The predicted molar refractivity (Wildman–Crippen MR) is 138 cm³/mol. The summed E-state index contributed by atoms with van der Waals surface area (Å²) in [5, 5.41) is 3.17. The second kappa shape index (κ2) is 11.0. The van der Waals surface area contributed by atoms with Gasteiger partial charge in [0, 0.05) is 24.3 Å². The van der Waals surface area contributed by atoms with Crippen LogP contribution in [0.5, 0.6) is 0 Å². The van der Waals surface area contributed by atoms with Gasteiger partial charge in [0.2, 0.25) is 10.0 Å². The van der Waals surface area contributed by atoms with Gasteiger partial charge in [-0.3, -0.25) is 9.52 Å². The van der Waals surface area contributed by atoms with Crippen molar-refractivity contribution in [1.82, 2.24) is 4.31 Å². The Bertz CT molecular complexity index is 1420. The Morgan fingerprint density at radius 1 is 0.771 bits per heavy atom. The lowest BCUT2D eigenvalue weighted by Crippen LogP contribution is -2.30. The van der Waals surface area contributed by atoms with E-state index in [9.17, 15) is 21.6 Å². The molecule has 0 aromatic heterocycles. The first kappa shape index (κ1) is 27.0. The molecule has 2 N–H and O–H groups in total. The SMILES string of the molecule is CCN(CC)S(=O)(=O)c1ccc(C(=O)Nc2ccc(S(=O)(=O)Nc3ccc(Cl)c(Cl)c3)cc2)cc1. The van der Waals surface area contributed by atoms with Crippen molar-refractivity contribution < 1.29 is 21.6 Å². The van der Waals surface area contributed by atoms with Crippen LogP contribution >= 0.6 is 23.2 Å². The fourth-order valence-electron chi connectivity index (χ4n) is 3.19. The summed E-state index contributed by atoms with van der Waals surface area (Å²) in [6.07, 6.45) is 0. The van der Waals surface area contributed by atoms with E-state index in [4.69, 9.17) is 23.2 Å². The maximum atomic E-state index is 12.6. The number of nitrogens with one attached hydrogen (secondary N) is 2. The lowest BCUT2D eigenvalue weighted by Gasteiger charge is -2.18. The molecule has 0 aliphatic carbocycles. The van der Waals surface area contributed by atoms with Crippen LogP contribution in [-0.2, 0) is 20.0 Å². The van der Waals surface area contributed by atoms with E-state index in [0.717, 1.165) is 0 Å². The molecule has 12 heteroatoms. The fraction of sp³-hybridized carbons (Fsp3) is 0.174. The molecule has 0 fully saturated rings. The van der Waals surface area contributed by atoms with Crippen LogP contribution in [0.25, 0.3) is 0 Å². The molecule has 0 saturated carbocycles. The van der Waals surface area contributed by atoms with Crippen LogP contribution in [0.15, 0.2) is 76.5 Å². The summed E-state index contributed by atoms with van der Waals surface area (Å²) in [5.74, 6) is -0.471. The predicted octanol–water partition coefficient (Wildman–Crippen LogP) is 5.08. The number of rotatable bonds is 9. The van der Waals surface area contributed by atoms with Crippen molar-refractivity contribution in [3.63, 3.8) is 0 Å². The van der Waals surface area contributed by atoms with E-state index in [2.05, 4.69) is 10.0 Å². The quantitative estimate of drug-likeness (QED) is 0.382. The molecule has 1 amide bonds. The van der Waals surface area contributed by atoms with Gasteiger partial charge in [-0.25, -0.2) is 16.8 Å². The maximum Gasteiger partial charge on any atom is 0.261 e. The average molecular weight is 556 g/mol. The van der Waals surface area contributed by atoms with Crippen molar-refractivity contribution in [3.05, 3.63) is 82.3 Å². The van der Waals surface area contributed by atoms with E-state index in [1.54, 1.807) is 13.8 Å². The molecular formula is C23H23Cl2N3O5S2. The van der Waals surface area contributed by atoms with Crippen LogP contribution in [-0.4, -0.2) is 40.1 Å². The molecule has 0 aliphatic rings. The van der Waals surface area contributed by atoms with Gasteiger partial charge < -0.3 is 5.32 Å². The highest BCUT2D eigenvalue weighted by molar-refractivity contribution is 7.92. The highest BCUT2D eigenvalue weighted by Crippen LogP contribution is 2.27. The summed E-state index contributed by atoms with van der Waals surface area (Å²) in [5.41, 5.74) is 0.869. The summed E-state index contributed by atoms with van der Waals surface area (Å²) in [4.78, 5) is 12.7. The van der Waals surface area contributed by atoms with Crippen molar-refractivity contribution in [2.24, 2.45) is 0 Å². The van der Waals surface area contributed by atoms with Gasteiger partial charge in [0.05, 0.1) is 25.5 Å². The monoisotopic (exact) mass is 555 g/mol. The number of anilines is 2. The fourth-order valence-corrected chi connectivity index (χ4v) is 5.99. The molecule has 0 radical (unpaired) electrons. The lowest BCUT2D eigenvalue weighted by atomic mass is 10.2. The molecule has 3 rings (SSSR count). The molecule has 0 bridgehead atoms. The third kappa shape index (κ3) is 6.33. The molecular weight excluding hydrogens is 533 g/mol. The molecule has 3 aromatic carbocycles. The van der Waals surface area contributed by atoms with E-state index in [0.29, 0.717) is 23.8 Å². The third-order valence-corrected chi connectivity index (χ3v) is 9.25. The minimum atomic E-state index is -3.90. The Balaban J connectivity index is 1.70. The van der Waals surface area contributed by atoms with Gasteiger partial charge in [-0.15, -0.1) is 0 Å². The minimum Gasteiger partial charge on any atom is -0.322 e. The molecule has 0 spiro atoms. The number of carbonyl (C=O) groups is 1. The van der Waals surface area contributed by atoms with Crippen molar-refractivity contribution in [2.75, 3.05) is 23.1 Å². The van der Waals surface area contributed by atoms with Crippen molar-refractivity contribution in [2.45, 2.75) is 23.6 Å². The molecule has 3 aromatic rings. The number of sulfonamides is 2. The summed E-state index contributed by atoms with van der Waals surface area (Å²) < 4.78 is 54.2. The largest absolute Gasteiger partial charge is 0.322 e. The topological polar surface area (TPSA) is 113 Å². The first-order valence-corrected chi connectivity index (χ1v) is 14.2. The Morgan fingerprint density at radius 3 is 1.86 bits per heavy atom. The van der Waals surface area contributed by atoms with Crippen molar-refractivity contribution in [3.8, 4) is 0 Å². The van der Waals surface area contributed by atoms with Gasteiger partial charge in [0.1, 0.15) is 0 Å². The summed E-state index contributed by atoms with van der Waals surface area (Å²) in [7, 11) is -7.52. The number of hydrogen-bond acceptors (Lipinski definition) is 5. The van der Waals surface area contributed by atoms with Crippen LogP contribution in [0.2, 0.25) is 10.0 Å². The molecule has 8 nitrogen and oxygen atoms in total. The van der Waals surface area contributed by atoms with Gasteiger partial charge in [-0.2, -0.15) is 4.31 Å². The number of nitrogens with zero attached hydrogens (tertiary/aromatic N) is 1. The second-order valence-electron chi connectivity index (χ2n) is 7.33. The molecule has 0 unspecified atom stereocenters. The minimum absolute atomic E-state index is 0.0208. The van der Waals surface area contributed by atoms with Gasteiger partial charge in [-0.05, 0) is 66.7 Å². The highest BCUT2D eigenvalue weighted by Gasteiger charge is 2.22. The number of hydrogen-bond donors (Lipinski definition) is 2. The van der Waals surface area contributed by atoms with Crippen LogP contribution in [0.3, 0.4) is 0 Å². The molecule has 35 heavy (non-hydrogen) atoms. The zero-order valence-electron chi connectivity index (χ0n) is 18.8. The zero-order valence-corrected chi connectivity index (χ0v) is 22.0. The van der Waals surface area contributed by atoms with Gasteiger partial charge in [0.15, 0.2) is 0 Å². The Morgan fingerprint density at radius 2 is 1.31 bits per heavy atom. The van der Waals surface area contributed by atoms with Crippen LogP contribution < -0.4 is 10.0 Å². The summed E-state index contributed by atoms with van der Waals surface area (Å²) in [6, 6.07) is 15.5. The standard InChI is InChI=1S/C23H23Cl2N3O5S2/c1-3-28(4-2)35(32,33)20-10-5-16(6-11-20)23(29)26-17-7-12-19(13-8-17)34(30,31)27-18-9-14-21(24)22(25)15-18/h5-15,27H,3-4H2,1-2H3,(H,26,29). The van der Waals surface area contributed by atoms with E-state index < -0.39 is 26.0 Å². The Labute approximate surface area is 215 Å². The van der Waals surface area contributed by atoms with Crippen molar-refractivity contribution in [1.29, 1.82) is 0 Å². The highest BCUT2D eigenvalue weighted by atomic mass is 35.5. The molecule has 0 atom stereocenters. The summed E-state index contributed by atoms with van der Waals surface area (Å²) in [6.45, 7) is 4.19. The molecule has 0 saturated heterocycles. The number of carbonyl (C=O) groups excluding carboxylic acids is 1. The van der Waals surface area contributed by atoms with Crippen LogP contribution in [0.4, 0.5) is 11.4 Å². The normalized spacial score (nSPS) is 11.9. The van der Waals surface area contributed by atoms with E-state index >= 15 is 0 Å².